The van der Waals surface area contributed by atoms with Gasteiger partial charge >= 0.3 is 5.97 Å². The number of benzene rings is 2. The number of rotatable bonds is 9. The highest BCUT2D eigenvalue weighted by atomic mass is 32.2. The van der Waals surface area contributed by atoms with Crippen molar-refractivity contribution in [3.63, 3.8) is 0 Å². The molecule has 0 saturated carbocycles. The summed E-state index contributed by atoms with van der Waals surface area (Å²) in [6.07, 6.45) is -0.300. The first-order valence-electron chi connectivity index (χ1n) is 8.49. The Hall–Kier alpha value is -3.13. The molecule has 146 valence electrons. The standard InChI is InChI=1S/C20H20N2O5S/c1-13(23)14-2-4-15(5-3-14)22-19(25)12-28-17-8-6-16(7-9-17)21-18(24)10-11-20(26)27/h2-9H,10-12H2,1H3,(H,21,24)(H,22,25)(H,26,27). The molecular weight excluding hydrogens is 380 g/mol. The number of carbonyl (C=O) groups is 4. The second-order valence-corrected chi connectivity index (χ2v) is 6.99. The Bertz CT molecular complexity index is 863. The Labute approximate surface area is 166 Å². The van der Waals surface area contributed by atoms with Crippen molar-refractivity contribution < 1.29 is 24.3 Å². The molecule has 0 aliphatic heterocycles. The summed E-state index contributed by atoms with van der Waals surface area (Å²) in [5.41, 5.74) is 1.77. The number of ketones is 1. The SMILES string of the molecule is CC(=O)c1ccc(NC(=O)CSc2ccc(NC(=O)CCC(=O)O)cc2)cc1. The molecule has 3 N–H and O–H groups in total. The molecule has 0 aliphatic rings. The number of anilines is 2. The van der Waals surface area contributed by atoms with E-state index >= 15 is 0 Å². The first-order valence-corrected chi connectivity index (χ1v) is 9.47. The lowest BCUT2D eigenvalue weighted by Crippen LogP contribution is -2.14. The molecule has 8 heteroatoms. The summed E-state index contributed by atoms with van der Waals surface area (Å²) >= 11 is 1.34. The summed E-state index contributed by atoms with van der Waals surface area (Å²) in [6.45, 7) is 1.48. The molecule has 28 heavy (non-hydrogen) atoms. The van der Waals surface area contributed by atoms with E-state index in [9.17, 15) is 19.2 Å². The maximum absolute atomic E-state index is 12.0. The molecule has 0 atom stereocenters. The molecule has 0 spiro atoms. The van der Waals surface area contributed by atoms with E-state index in [1.54, 1.807) is 48.5 Å². The highest BCUT2D eigenvalue weighted by molar-refractivity contribution is 8.00. The highest BCUT2D eigenvalue weighted by Crippen LogP contribution is 2.21. The maximum atomic E-state index is 12.0. The second kappa shape index (κ2) is 10.3. The van der Waals surface area contributed by atoms with Crippen molar-refractivity contribution in [1.82, 2.24) is 0 Å². The van der Waals surface area contributed by atoms with Crippen LogP contribution in [0.2, 0.25) is 0 Å². The second-order valence-electron chi connectivity index (χ2n) is 5.94. The van der Waals surface area contributed by atoms with Crippen molar-refractivity contribution in [3.8, 4) is 0 Å². The van der Waals surface area contributed by atoms with Crippen molar-refractivity contribution >= 4 is 46.7 Å². The number of aliphatic carboxylic acids is 1. The number of carboxylic acids is 1. The largest absolute Gasteiger partial charge is 0.481 e. The highest BCUT2D eigenvalue weighted by Gasteiger charge is 2.07. The van der Waals surface area contributed by atoms with Crippen molar-refractivity contribution in [3.05, 3.63) is 54.1 Å². The zero-order valence-corrected chi connectivity index (χ0v) is 16.0. The number of hydrogen-bond acceptors (Lipinski definition) is 5. The lowest BCUT2D eigenvalue weighted by molar-refractivity contribution is -0.138. The van der Waals surface area contributed by atoms with E-state index in [0.717, 1.165) is 4.90 Å². The van der Waals surface area contributed by atoms with E-state index in [1.807, 2.05) is 0 Å². The summed E-state index contributed by atoms with van der Waals surface area (Å²) in [5, 5.41) is 13.9. The average Bonchev–Trinajstić information content (AvgIpc) is 2.66. The van der Waals surface area contributed by atoms with Crippen LogP contribution in [0.1, 0.15) is 30.1 Å². The monoisotopic (exact) mass is 400 g/mol. The molecule has 2 aromatic rings. The van der Waals surface area contributed by atoms with Crippen LogP contribution in [0.4, 0.5) is 11.4 Å². The maximum Gasteiger partial charge on any atom is 0.303 e. The molecule has 7 nitrogen and oxygen atoms in total. The van der Waals surface area contributed by atoms with E-state index in [-0.39, 0.29) is 36.2 Å². The third-order valence-electron chi connectivity index (χ3n) is 3.65. The fraction of sp³-hybridized carbons (Fsp3) is 0.200. The number of amides is 2. The molecule has 0 aliphatic carbocycles. The third-order valence-corrected chi connectivity index (χ3v) is 4.66. The number of carboxylic acid groups (broad SMARTS) is 1. The Morgan fingerprint density at radius 1 is 0.821 bits per heavy atom. The molecule has 0 unspecified atom stereocenters. The van der Waals surface area contributed by atoms with Gasteiger partial charge in [0.25, 0.3) is 0 Å². The van der Waals surface area contributed by atoms with Gasteiger partial charge in [0, 0.05) is 28.3 Å². The van der Waals surface area contributed by atoms with Gasteiger partial charge in [0.2, 0.25) is 11.8 Å². The van der Waals surface area contributed by atoms with E-state index in [4.69, 9.17) is 5.11 Å². The minimum Gasteiger partial charge on any atom is -0.481 e. The zero-order valence-electron chi connectivity index (χ0n) is 15.2. The fourth-order valence-corrected chi connectivity index (χ4v) is 2.91. The predicted octanol–water partition coefficient (Wildman–Crippen LogP) is 3.42. The number of nitrogens with one attached hydrogen (secondary N) is 2. The van der Waals surface area contributed by atoms with Gasteiger partial charge < -0.3 is 15.7 Å². The van der Waals surface area contributed by atoms with E-state index in [1.165, 1.54) is 18.7 Å². The van der Waals surface area contributed by atoms with Crippen molar-refractivity contribution in [2.24, 2.45) is 0 Å². The van der Waals surface area contributed by atoms with Crippen LogP contribution in [0, 0.1) is 0 Å². The quantitative estimate of drug-likeness (QED) is 0.439. The molecule has 0 fully saturated rings. The topological polar surface area (TPSA) is 113 Å². The number of Topliss-reactive ketones (excluding diaryl/α,β-unsaturated/α-hetero) is 1. The molecule has 0 aromatic heterocycles. The van der Waals surface area contributed by atoms with Gasteiger partial charge in [0.15, 0.2) is 5.78 Å². The van der Waals surface area contributed by atoms with Crippen LogP contribution in [0.5, 0.6) is 0 Å². The number of carbonyl (C=O) groups excluding carboxylic acids is 3. The van der Waals surface area contributed by atoms with Gasteiger partial charge in [-0.1, -0.05) is 0 Å². The molecule has 2 aromatic carbocycles. The van der Waals surface area contributed by atoms with Gasteiger partial charge in [0.1, 0.15) is 0 Å². The normalized spacial score (nSPS) is 10.2. The zero-order chi connectivity index (χ0) is 20.5. The van der Waals surface area contributed by atoms with Crippen LogP contribution in [0.15, 0.2) is 53.4 Å². The Kier molecular flexibility index (Phi) is 7.76. The predicted molar refractivity (Wildman–Crippen MR) is 108 cm³/mol. The first kappa shape index (κ1) is 21.2. The van der Waals surface area contributed by atoms with E-state index < -0.39 is 5.97 Å². The van der Waals surface area contributed by atoms with Gasteiger partial charge in [-0.25, -0.2) is 0 Å². The summed E-state index contributed by atoms with van der Waals surface area (Å²) in [5.74, 6) is -1.38. The van der Waals surface area contributed by atoms with Gasteiger partial charge in [-0.2, -0.15) is 0 Å². The minimum atomic E-state index is -1.02. The van der Waals surface area contributed by atoms with Crippen LogP contribution in [-0.4, -0.2) is 34.4 Å². The van der Waals surface area contributed by atoms with Crippen molar-refractivity contribution in [2.75, 3.05) is 16.4 Å². The molecule has 0 bridgehead atoms. The van der Waals surface area contributed by atoms with Crippen molar-refractivity contribution in [2.45, 2.75) is 24.7 Å². The van der Waals surface area contributed by atoms with Crippen molar-refractivity contribution in [1.29, 1.82) is 0 Å². The molecular formula is C20H20N2O5S. The lowest BCUT2D eigenvalue weighted by Gasteiger charge is -2.07. The summed E-state index contributed by atoms with van der Waals surface area (Å²) in [6, 6.07) is 13.6. The third kappa shape index (κ3) is 7.24. The van der Waals surface area contributed by atoms with Crippen LogP contribution in [0.25, 0.3) is 0 Å². The molecule has 0 heterocycles. The number of hydrogen-bond donors (Lipinski definition) is 3. The Balaban J connectivity index is 1.79. The van der Waals surface area contributed by atoms with Gasteiger partial charge in [0.05, 0.1) is 12.2 Å². The van der Waals surface area contributed by atoms with Crippen LogP contribution >= 0.6 is 11.8 Å². The minimum absolute atomic E-state index is 0.0324. The van der Waals surface area contributed by atoms with E-state index in [2.05, 4.69) is 10.6 Å². The summed E-state index contributed by atoms with van der Waals surface area (Å²) < 4.78 is 0. The van der Waals surface area contributed by atoms with Gasteiger partial charge in [-0.05, 0) is 55.5 Å². The fourth-order valence-electron chi connectivity index (χ4n) is 2.21. The lowest BCUT2D eigenvalue weighted by atomic mass is 10.1. The Morgan fingerprint density at radius 2 is 1.36 bits per heavy atom. The Morgan fingerprint density at radius 3 is 1.89 bits per heavy atom. The van der Waals surface area contributed by atoms with Crippen LogP contribution in [0.3, 0.4) is 0 Å². The first-order chi connectivity index (χ1) is 13.3. The molecule has 0 saturated heterocycles. The molecule has 0 radical (unpaired) electrons. The number of thioether (sulfide) groups is 1. The summed E-state index contributed by atoms with van der Waals surface area (Å²) in [4.78, 5) is 46.2. The van der Waals surface area contributed by atoms with Crippen LogP contribution < -0.4 is 10.6 Å². The molecule has 2 rings (SSSR count). The molecule has 2 amide bonds. The van der Waals surface area contributed by atoms with Crippen LogP contribution in [-0.2, 0) is 14.4 Å². The van der Waals surface area contributed by atoms with Gasteiger partial charge in [-0.3, -0.25) is 19.2 Å². The smallest absolute Gasteiger partial charge is 0.303 e. The van der Waals surface area contributed by atoms with Gasteiger partial charge in [-0.15, -0.1) is 11.8 Å². The van der Waals surface area contributed by atoms with E-state index in [0.29, 0.717) is 16.9 Å². The average molecular weight is 400 g/mol. The summed E-state index contributed by atoms with van der Waals surface area (Å²) in [7, 11) is 0.